The number of halogens is 3. The second kappa shape index (κ2) is 10.7. The molecule has 2 N–H and O–H groups in total. The minimum absolute atomic E-state index is 0.0896. The van der Waals surface area contributed by atoms with Gasteiger partial charge in [0.2, 0.25) is 0 Å². The standard InChI is InChI=1S/C18H34F3N5O2/c1-6-22-15(24-14-8-10-25(12-14)13-18(19,20)21)23-9-11-26(7-2)16(27)28-17(3,4)5/h14H,6-13H2,1-5H3,(H2,22,23,24). The number of nitrogens with one attached hydrogen (secondary N) is 2. The summed E-state index contributed by atoms with van der Waals surface area (Å²) in [6.07, 6.45) is -3.94. The summed E-state index contributed by atoms with van der Waals surface area (Å²) < 4.78 is 42.9. The first-order chi connectivity index (χ1) is 12.9. The number of amides is 1. The van der Waals surface area contributed by atoms with Gasteiger partial charge in [-0.2, -0.15) is 13.2 Å². The predicted molar refractivity (Wildman–Crippen MR) is 103 cm³/mol. The van der Waals surface area contributed by atoms with Crippen LogP contribution in [-0.2, 0) is 4.74 Å². The lowest BCUT2D eigenvalue weighted by atomic mass is 10.2. The van der Waals surface area contributed by atoms with Crippen LogP contribution in [0.25, 0.3) is 0 Å². The fraction of sp³-hybridized carbons (Fsp3) is 0.889. The minimum atomic E-state index is -4.18. The first kappa shape index (κ1) is 24.3. The fourth-order valence-corrected chi connectivity index (χ4v) is 2.85. The molecule has 1 amide bonds. The smallest absolute Gasteiger partial charge is 0.410 e. The van der Waals surface area contributed by atoms with Crippen molar-refractivity contribution in [1.29, 1.82) is 0 Å². The van der Waals surface area contributed by atoms with E-state index >= 15 is 0 Å². The number of carbonyl (C=O) groups is 1. The molecule has 1 rings (SSSR count). The van der Waals surface area contributed by atoms with Gasteiger partial charge in [-0.3, -0.25) is 9.89 Å². The average molecular weight is 409 g/mol. The van der Waals surface area contributed by atoms with E-state index in [9.17, 15) is 18.0 Å². The van der Waals surface area contributed by atoms with E-state index in [4.69, 9.17) is 4.74 Å². The van der Waals surface area contributed by atoms with Crippen molar-refractivity contribution >= 4 is 12.1 Å². The summed E-state index contributed by atoms with van der Waals surface area (Å²) in [6.45, 7) is 11.0. The van der Waals surface area contributed by atoms with Crippen LogP contribution in [0.2, 0.25) is 0 Å². The maximum absolute atomic E-state index is 12.5. The van der Waals surface area contributed by atoms with Crippen molar-refractivity contribution < 1.29 is 22.7 Å². The van der Waals surface area contributed by atoms with Crippen LogP contribution in [0.4, 0.5) is 18.0 Å². The summed E-state index contributed by atoms with van der Waals surface area (Å²) in [4.78, 5) is 19.6. The SMILES string of the molecule is CCNC(=NCCN(CC)C(=O)OC(C)(C)C)NC1CCN(CC(F)(F)F)C1. The van der Waals surface area contributed by atoms with E-state index in [1.165, 1.54) is 4.90 Å². The first-order valence-electron chi connectivity index (χ1n) is 9.75. The molecular weight excluding hydrogens is 375 g/mol. The Labute approximate surface area is 165 Å². The van der Waals surface area contributed by atoms with Crippen molar-refractivity contribution in [3.63, 3.8) is 0 Å². The van der Waals surface area contributed by atoms with Gasteiger partial charge in [0.25, 0.3) is 0 Å². The average Bonchev–Trinajstić information content (AvgIpc) is 2.94. The van der Waals surface area contributed by atoms with Crippen molar-refractivity contribution in [2.24, 2.45) is 4.99 Å². The molecule has 1 aliphatic rings. The van der Waals surface area contributed by atoms with Crippen LogP contribution in [0.1, 0.15) is 41.0 Å². The number of rotatable bonds is 7. The summed E-state index contributed by atoms with van der Waals surface area (Å²) in [5, 5.41) is 6.28. The van der Waals surface area contributed by atoms with Crippen LogP contribution >= 0.6 is 0 Å². The molecule has 0 aromatic carbocycles. The number of likely N-dealkylation sites (tertiary alicyclic amines) is 1. The number of guanidine groups is 1. The molecule has 1 aliphatic heterocycles. The first-order valence-corrected chi connectivity index (χ1v) is 9.75. The van der Waals surface area contributed by atoms with Gasteiger partial charge >= 0.3 is 12.3 Å². The number of ether oxygens (including phenoxy) is 1. The Hall–Kier alpha value is -1.71. The van der Waals surface area contributed by atoms with Crippen LogP contribution in [0.15, 0.2) is 4.99 Å². The largest absolute Gasteiger partial charge is 0.444 e. The molecule has 0 saturated carbocycles. The number of likely N-dealkylation sites (N-methyl/N-ethyl adjacent to an activating group) is 1. The summed E-state index contributed by atoms with van der Waals surface area (Å²) >= 11 is 0. The lowest BCUT2D eigenvalue weighted by molar-refractivity contribution is -0.143. The maximum Gasteiger partial charge on any atom is 0.410 e. The van der Waals surface area contributed by atoms with Gasteiger partial charge < -0.3 is 20.3 Å². The van der Waals surface area contributed by atoms with Crippen LogP contribution in [-0.4, -0.2) is 85.5 Å². The molecular formula is C18H34F3N5O2. The molecule has 164 valence electrons. The van der Waals surface area contributed by atoms with Crippen molar-refractivity contribution in [1.82, 2.24) is 20.4 Å². The van der Waals surface area contributed by atoms with Gasteiger partial charge in [-0.05, 0) is 41.0 Å². The third-order valence-corrected chi connectivity index (χ3v) is 4.03. The van der Waals surface area contributed by atoms with Crippen molar-refractivity contribution in [2.75, 3.05) is 45.8 Å². The van der Waals surface area contributed by atoms with Crippen molar-refractivity contribution in [2.45, 2.75) is 58.9 Å². The van der Waals surface area contributed by atoms with Crippen molar-refractivity contribution in [3.05, 3.63) is 0 Å². The van der Waals surface area contributed by atoms with E-state index in [1.807, 2.05) is 34.6 Å². The molecule has 1 fully saturated rings. The summed E-state index contributed by atoms with van der Waals surface area (Å²) in [6, 6.07) is -0.0896. The molecule has 1 atom stereocenters. The van der Waals surface area contributed by atoms with Crippen LogP contribution in [0.5, 0.6) is 0 Å². The van der Waals surface area contributed by atoms with Crippen LogP contribution < -0.4 is 10.6 Å². The molecule has 7 nitrogen and oxygen atoms in total. The summed E-state index contributed by atoms with van der Waals surface area (Å²) in [5.41, 5.74) is -0.561. The highest BCUT2D eigenvalue weighted by atomic mass is 19.4. The highest BCUT2D eigenvalue weighted by molar-refractivity contribution is 5.80. The van der Waals surface area contributed by atoms with Gasteiger partial charge in [0.05, 0.1) is 13.1 Å². The number of nitrogens with zero attached hydrogens (tertiary/aromatic N) is 3. The normalized spacial score (nSPS) is 18.9. The molecule has 1 unspecified atom stereocenters. The number of carbonyl (C=O) groups excluding carboxylic acids is 1. The molecule has 1 saturated heterocycles. The molecule has 1 heterocycles. The van der Waals surface area contributed by atoms with Gasteiger partial charge in [0.1, 0.15) is 5.60 Å². The summed E-state index contributed by atoms with van der Waals surface area (Å²) in [5.74, 6) is 0.543. The molecule has 0 aromatic rings. The molecule has 0 spiro atoms. The van der Waals surface area contributed by atoms with E-state index < -0.39 is 18.3 Å². The fourth-order valence-electron chi connectivity index (χ4n) is 2.85. The van der Waals surface area contributed by atoms with Crippen LogP contribution in [0.3, 0.4) is 0 Å². The highest BCUT2D eigenvalue weighted by Crippen LogP contribution is 2.19. The predicted octanol–water partition coefficient (Wildman–Crippen LogP) is 2.44. The maximum atomic E-state index is 12.5. The summed E-state index contributed by atoms with van der Waals surface area (Å²) in [7, 11) is 0. The lowest BCUT2D eigenvalue weighted by Gasteiger charge is -2.26. The third kappa shape index (κ3) is 10.0. The molecule has 0 aliphatic carbocycles. The highest BCUT2D eigenvalue weighted by Gasteiger charge is 2.34. The Morgan fingerprint density at radius 1 is 1.29 bits per heavy atom. The zero-order chi connectivity index (χ0) is 21.4. The minimum Gasteiger partial charge on any atom is -0.444 e. The molecule has 0 radical (unpaired) electrons. The Morgan fingerprint density at radius 2 is 1.96 bits per heavy atom. The monoisotopic (exact) mass is 409 g/mol. The second-order valence-electron chi connectivity index (χ2n) is 7.80. The Morgan fingerprint density at radius 3 is 2.50 bits per heavy atom. The zero-order valence-corrected chi connectivity index (χ0v) is 17.5. The quantitative estimate of drug-likeness (QED) is 0.499. The van der Waals surface area contributed by atoms with E-state index in [1.54, 1.807) is 4.90 Å². The van der Waals surface area contributed by atoms with Gasteiger partial charge in [-0.1, -0.05) is 0 Å². The third-order valence-electron chi connectivity index (χ3n) is 4.03. The Balaban J connectivity index is 2.54. The number of hydrogen-bond donors (Lipinski definition) is 2. The lowest BCUT2D eigenvalue weighted by Crippen LogP contribution is -2.45. The van der Waals surface area contributed by atoms with Gasteiger partial charge in [-0.15, -0.1) is 0 Å². The van der Waals surface area contributed by atoms with Crippen molar-refractivity contribution in [3.8, 4) is 0 Å². The van der Waals surface area contributed by atoms with E-state index in [-0.39, 0.29) is 12.1 Å². The number of aliphatic imine (C=N–C) groups is 1. The van der Waals surface area contributed by atoms with Crippen LogP contribution in [0, 0.1) is 0 Å². The number of hydrogen-bond acceptors (Lipinski definition) is 4. The number of alkyl halides is 3. The molecule has 0 bridgehead atoms. The second-order valence-corrected chi connectivity index (χ2v) is 7.80. The molecule has 10 heteroatoms. The molecule has 28 heavy (non-hydrogen) atoms. The molecule has 0 aromatic heterocycles. The van der Waals surface area contributed by atoms with E-state index in [2.05, 4.69) is 15.6 Å². The van der Waals surface area contributed by atoms with Gasteiger partial charge in [-0.25, -0.2) is 4.79 Å². The Bertz CT molecular complexity index is 520. The van der Waals surface area contributed by atoms with Gasteiger partial charge in [0, 0.05) is 38.8 Å². The van der Waals surface area contributed by atoms with E-state index in [0.29, 0.717) is 51.6 Å². The van der Waals surface area contributed by atoms with E-state index in [0.717, 1.165) is 0 Å². The zero-order valence-electron chi connectivity index (χ0n) is 17.5. The Kier molecular flexibility index (Phi) is 9.32. The topological polar surface area (TPSA) is 69.2 Å². The van der Waals surface area contributed by atoms with Gasteiger partial charge in [0.15, 0.2) is 5.96 Å².